The summed E-state index contributed by atoms with van der Waals surface area (Å²) in [4.78, 5) is 13.7. The molecule has 4 heteroatoms. The molecule has 0 radical (unpaired) electrons. The molecule has 0 fully saturated rings. The van der Waals surface area contributed by atoms with Gasteiger partial charge in [-0.05, 0) is 31.4 Å². The van der Waals surface area contributed by atoms with Gasteiger partial charge in [0.2, 0.25) is 0 Å². The summed E-state index contributed by atoms with van der Waals surface area (Å²) in [7, 11) is 0. The number of aryl methyl sites for hydroxylation is 1. The lowest BCUT2D eigenvalue weighted by Crippen LogP contribution is -2.49. The fourth-order valence-electron chi connectivity index (χ4n) is 2.23. The molecule has 2 rings (SSSR count). The van der Waals surface area contributed by atoms with Crippen molar-refractivity contribution in [2.75, 3.05) is 11.4 Å². The number of carbonyl (C=O) groups is 1. The second-order valence-electron chi connectivity index (χ2n) is 4.11. The molecule has 0 aromatic heterocycles. The molecule has 1 aromatic rings. The summed E-state index contributed by atoms with van der Waals surface area (Å²) in [5.74, 6) is 5.03. The highest BCUT2D eigenvalue weighted by molar-refractivity contribution is 5.84. The highest BCUT2D eigenvalue weighted by Crippen LogP contribution is 2.28. The van der Waals surface area contributed by atoms with Crippen molar-refractivity contribution in [1.29, 1.82) is 0 Å². The quantitative estimate of drug-likeness (QED) is 0.440. The number of amides is 1. The van der Waals surface area contributed by atoms with Crippen molar-refractivity contribution in [3.8, 4) is 0 Å². The lowest BCUT2D eigenvalue weighted by atomic mass is 10.0. The maximum absolute atomic E-state index is 11.5. The fraction of sp³-hybridized carbons (Fsp3) is 0.417. The number of rotatable bonds is 2. The number of benzene rings is 1. The first kappa shape index (κ1) is 11.0. The Morgan fingerprint density at radius 3 is 3.00 bits per heavy atom. The minimum Gasteiger partial charge on any atom is -0.359 e. The number of anilines is 1. The number of hydrogen-bond donors (Lipinski definition) is 2. The number of fused-ring (bicyclic) bond motifs is 1. The van der Waals surface area contributed by atoms with Gasteiger partial charge >= 0.3 is 0 Å². The molecule has 1 aliphatic heterocycles. The van der Waals surface area contributed by atoms with Gasteiger partial charge in [-0.2, -0.15) is 0 Å². The van der Waals surface area contributed by atoms with E-state index in [1.165, 1.54) is 5.56 Å². The molecule has 16 heavy (non-hydrogen) atoms. The summed E-state index contributed by atoms with van der Waals surface area (Å²) in [6.45, 7) is 2.79. The van der Waals surface area contributed by atoms with Gasteiger partial charge in [0, 0.05) is 12.2 Å². The van der Waals surface area contributed by atoms with Gasteiger partial charge in [-0.15, -0.1) is 0 Å². The molecule has 1 aliphatic rings. The second-order valence-corrected chi connectivity index (χ2v) is 4.11. The first-order valence-electron chi connectivity index (χ1n) is 5.59. The number of carbonyl (C=O) groups excluding carboxylic acids is 1. The van der Waals surface area contributed by atoms with Crippen molar-refractivity contribution in [2.24, 2.45) is 5.84 Å². The summed E-state index contributed by atoms with van der Waals surface area (Å²) >= 11 is 0. The first-order chi connectivity index (χ1) is 7.74. The minimum atomic E-state index is -0.216. The first-order valence-corrected chi connectivity index (χ1v) is 5.59. The predicted molar refractivity (Wildman–Crippen MR) is 63.9 cm³/mol. The SMILES string of the molecule is CC(C(=O)NN)N1CCCc2ccccc21. The van der Waals surface area contributed by atoms with Gasteiger partial charge in [-0.3, -0.25) is 10.2 Å². The van der Waals surface area contributed by atoms with Gasteiger partial charge in [-0.1, -0.05) is 18.2 Å². The van der Waals surface area contributed by atoms with E-state index in [2.05, 4.69) is 22.5 Å². The van der Waals surface area contributed by atoms with Crippen molar-refractivity contribution >= 4 is 11.6 Å². The Morgan fingerprint density at radius 2 is 2.25 bits per heavy atom. The zero-order valence-electron chi connectivity index (χ0n) is 9.44. The van der Waals surface area contributed by atoms with Crippen molar-refractivity contribution in [3.63, 3.8) is 0 Å². The van der Waals surface area contributed by atoms with E-state index in [0.29, 0.717) is 0 Å². The number of hydrogen-bond acceptors (Lipinski definition) is 3. The maximum atomic E-state index is 11.5. The molecule has 1 atom stereocenters. The van der Waals surface area contributed by atoms with Crippen LogP contribution in [0.3, 0.4) is 0 Å². The summed E-state index contributed by atoms with van der Waals surface area (Å²) in [6, 6.07) is 8.01. The summed E-state index contributed by atoms with van der Waals surface area (Å²) < 4.78 is 0. The lowest BCUT2D eigenvalue weighted by Gasteiger charge is -2.35. The molecule has 0 saturated heterocycles. The zero-order valence-corrected chi connectivity index (χ0v) is 9.44. The third-order valence-corrected chi connectivity index (χ3v) is 3.14. The number of nitrogens with two attached hydrogens (primary N) is 1. The molecule has 86 valence electrons. The zero-order chi connectivity index (χ0) is 11.5. The Morgan fingerprint density at radius 1 is 1.50 bits per heavy atom. The predicted octanol–water partition coefficient (Wildman–Crippen LogP) is 0.818. The average molecular weight is 219 g/mol. The standard InChI is InChI=1S/C12H17N3O/c1-9(12(16)14-13)15-8-4-6-10-5-2-3-7-11(10)15/h2-3,5,7,9H,4,6,8,13H2,1H3,(H,14,16). The van der Waals surface area contributed by atoms with Crippen LogP contribution >= 0.6 is 0 Å². The van der Waals surface area contributed by atoms with E-state index in [1.54, 1.807) is 0 Å². The van der Waals surface area contributed by atoms with E-state index in [0.717, 1.165) is 25.1 Å². The summed E-state index contributed by atoms with van der Waals surface area (Å²) in [5, 5.41) is 0. The number of para-hydroxylation sites is 1. The lowest BCUT2D eigenvalue weighted by molar-refractivity contribution is -0.122. The van der Waals surface area contributed by atoms with Gasteiger partial charge in [0.1, 0.15) is 6.04 Å². The van der Waals surface area contributed by atoms with Gasteiger partial charge in [-0.25, -0.2) is 5.84 Å². The van der Waals surface area contributed by atoms with Crippen LogP contribution in [0.4, 0.5) is 5.69 Å². The van der Waals surface area contributed by atoms with Crippen LogP contribution in [0.5, 0.6) is 0 Å². The van der Waals surface area contributed by atoms with Crippen LogP contribution in [0.15, 0.2) is 24.3 Å². The molecule has 0 bridgehead atoms. The number of nitrogens with zero attached hydrogens (tertiary/aromatic N) is 1. The normalized spacial score (nSPS) is 16.5. The minimum absolute atomic E-state index is 0.142. The van der Waals surface area contributed by atoms with Crippen molar-refractivity contribution < 1.29 is 4.79 Å². The van der Waals surface area contributed by atoms with Crippen LogP contribution in [0.2, 0.25) is 0 Å². The van der Waals surface area contributed by atoms with Gasteiger partial charge < -0.3 is 4.90 Å². The molecular weight excluding hydrogens is 202 g/mol. The molecule has 1 heterocycles. The smallest absolute Gasteiger partial charge is 0.256 e. The Kier molecular flexibility index (Phi) is 3.10. The van der Waals surface area contributed by atoms with Crippen molar-refractivity contribution in [1.82, 2.24) is 5.43 Å². The molecule has 0 spiro atoms. The number of nitrogens with one attached hydrogen (secondary N) is 1. The van der Waals surface area contributed by atoms with Gasteiger partial charge in [0.25, 0.3) is 5.91 Å². The van der Waals surface area contributed by atoms with E-state index >= 15 is 0 Å². The molecule has 1 amide bonds. The van der Waals surface area contributed by atoms with Crippen LogP contribution in [-0.4, -0.2) is 18.5 Å². The summed E-state index contributed by atoms with van der Waals surface area (Å²) in [6.07, 6.45) is 2.17. The van der Waals surface area contributed by atoms with E-state index < -0.39 is 0 Å². The van der Waals surface area contributed by atoms with Gasteiger partial charge in [0.15, 0.2) is 0 Å². The Bertz CT molecular complexity index is 392. The largest absolute Gasteiger partial charge is 0.359 e. The highest BCUT2D eigenvalue weighted by Gasteiger charge is 2.24. The summed E-state index contributed by atoms with van der Waals surface area (Å²) in [5.41, 5.74) is 4.68. The highest BCUT2D eigenvalue weighted by atomic mass is 16.2. The molecule has 4 nitrogen and oxygen atoms in total. The van der Waals surface area contributed by atoms with E-state index in [1.807, 2.05) is 19.1 Å². The maximum Gasteiger partial charge on any atom is 0.256 e. The molecule has 0 aliphatic carbocycles. The monoisotopic (exact) mass is 219 g/mol. The van der Waals surface area contributed by atoms with E-state index in [9.17, 15) is 4.79 Å². The molecule has 0 saturated carbocycles. The Hall–Kier alpha value is -1.55. The Balaban J connectivity index is 2.28. The van der Waals surface area contributed by atoms with Crippen LogP contribution in [0.25, 0.3) is 0 Å². The van der Waals surface area contributed by atoms with Crippen LogP contribution in [0.1, 0.15) is 18.9 Å². The third kappa shape index (κ3) is 1.88. The third-order valence-electron chi connectivity index (χ3n) is 3.14. The topological polar surface area (TPSA) is 58.4 Å². The van der Waals surface area contributed by atoms with E-state index in [-0.39, 0.29) is 11.9 Å². The van der Waals surface area contributed by atoms with Crippen LogP contribution < -0.4 is 16.2 Å². The average Bonchev–Trinajstić information content (AvgIpc) is 2.36. The number of hydrazine groups is 1. The van der Waals surface area contributed by atoms with Gasteiger partial charge in [0.05, 0.1) is 0 Å². The Labute approximate surface area is 95.4 Å². The fourth-order valence-corrected chi connectivity index (χ4v) is 2.23. The van der Waals surface area contributed by atoms with Crippen molar-refractivity contribution in [3.05, 3.63) is 29.8 Å². The van der Waals surface area contributed by atoms with E-state index in [4.69, 9.17) is 5.84 Å². The van der Waals surface area contributed by atoms with Crippen LogP contribution in [-0.2, 0) is 11.2 Å². The molecule has 1 aromatic carbocycles. The molecule has 1 unspecified atom stereocenters. The second kappa shape index (κ2) is 4.53. The van der Waals surface area contributed by atoms with Crippen LogP contribution in [0, 0.1) is 0 Å². The molecular formula is C12H17N3O. The van der Waals surface area contributed by atoms with Crippen molar-refractivity contribution in [2.45, 2.75) is 25.8 Å². The molecule has 3 N–H and O–H groups in total.